The van der Waals surface area contributed by atoms with Gasteiger partial charge in [-0.25, -0.2) is 4.58 Å². The van der Waals surface area contributed by atoms with Gasteiger partial charge in [-0.3, -0.25) is 4.79 Å². The molecule has 2 aromatic rings. The van der Waals surface area contributed by atoms with Gasteiger partial charge in [0, 0.05) is 40.9 Å². The number of anilines is 1. The van der Waals surface area contributed by atoms with Crippen LogP contribution in [0.2, 0.25) is 0 Å². The Bertz CT molecular complexity index is 1610. The molecular weight excluding hydrogens is 583 g/mol. The van der Waals surface area contributed by atoms with E-state index in [1.54, 1.807) is 11.3 Å². The minimum Gasteiger partial charge on any atom is -0.506 e. The van der Waals surface area contributed by atoms with Crippen molar-refractivity contribution in [3.8, 4) is 0 Å². The van der Waals surface area contributed by atoms with Crippen molar-refractivity contribution < 1.29 is 14.5 Å². The number of nitrogens with zero attached hydrogens (tertiary/aromatic N) is 1. The van der Waals surface area contributed by atoms with Crippen LogP contribution in [0.1, 0.15) is 82.0 Å². The Balaban J connectivity index is 1.21. The molecule has 0 radical (unpaired) electrons. The number of aromatic amines is 1. The number of carbonyl (C=O) groups is 1. The largest absolute Gasteiger partial charge is 0.506 e. The second-order valence-electron chi connectivity index (χ2n) is 11.4. The lowest BCUT2D eigenvalue weighted by Crippen LogP contribution is -2.22. The number of rotatable bonds is 14. The number of unbranched alkanes of at least 4 members (excludes halogenated alkanes) is 3. The van der Waals surface area contributed by atoms with Crippen LogP contribution in [0.15, 0.2) is 88.1 Å². The van der Waals surface area contributed by atoms with Gasteiger partial charge in [0.05, 0.1) is 21.8 Å². The van der Waals surface area contributed by atoms with E-state index < -0.39 is 0 Å². The van der Waals surface area contributed by atoms with E-state index in [2.05, 4.69) is 78.2 Å². The number of thiophene rings is 1. The Hall–Kier alpha value is -3.55. The third kappa shape index (κ3) is 7.74. The van der Waals surface area contributed by atoms with Gasteiger partial charge in [0.1, 0.15) is 18.8 Å². The zero-order valence-electron chi connectivity index (χ0n) is 26.1. The van der Waals surface area contributed by atoms with Crippen molar-refractivity contribution in [2.24, 2.45) is 0 Å². The second-order valence-corrected chi connectivity index (χ2v) is 13.6. The SMILES string of the molecule is CCCCNc1ccc(/C=C/c2ccc(C3=C(O)/C(=C4C=C/C(=C\C=C5/C=CC(=[N+](CCCC)CCCC)S5)C\4)C3=O)[nH]2)s1. The third-order valence-corrected chi connectivity index (χ3v) is 10.1. The maximum Gasteiger partial charge on any atom is 0.239 e. The molecule has 3 N–H and O–H groups in total. The molecule has 44 heavy (non-hydrogen) atoms. The first-order valence-corrected chi connectivity index (χ1v) is 17.6. The van der Waals surface area contributed by atoms with Crippen molar-refractivity contribution in [1.82, 2.24) is 4.98 Å². The number of aliphatic hydroxyl groups is 1. The normalized spacial score (nSPS) is 19.9. The van der Waals surface area contributed by atoms with Gasteiger partial charge >= 0.3 is 0 Å². The summed E-state index contributed by atoms with van der Waals surface area (Å²) in [6, 6.07) is 8.01. The Morgan fingerprint density at radius 1 is 0.909 bits per heavy atom. The molecule has 1 aliphatic heterocycles. The van der Waals surface area contributed by atoms with Crippen molar-refractivity contribution in [1.29, 1.82) is 0 Å². The van der Waals surface area contributed by atoms with Crippen molar-refractivity contribution in [2.45, 2.75) is 65.7 Å². The quantitative estimate of drug-likeness (QED) is 0.111. The van der Waals surface area contributed by atoms with Crippen LogP contribution < -0.4 is 5.32 Å². The smallest absolute Gasteiger partial charge is 0.239 e. The Morgan fingerprint density at radius 3 is 2.45 bits per heavy atom. The molecule has 2 aliphatic carbocycles. The van der Waals surface area contributed by atoms with Gasteiger partial charge in [-0.15, -0.1) is 11.3 Å². The molecule has 5 nitrogen and oxygen atoms in total. The van der Waals surface area contributed by atoms with Gasteiger partial charge in [0.15, 0.2) is 0 Å². The van der Waals surface area contributed by atoms with Crippen LogP contribution >= 0.6 is 23.1 Å². The van der Waals surface area contributed by atoms with Crippen LogP contribution in [0.5, 0.6) is 0 Å². The third-order valence-electron chi connectivity index (χ3n) is 7.95. The predicted octanol–water partition coefficient (Wildman–Crippen LogP) is 9.69. The molecule has 3 heterocycles. The molecular formula is C37H44N3O2S2+. The number of Topliss-reactive ketones (excluding diaryl/α,β-unsaturated/α-hetero) is 1. The van der Waals surface area contributed by atoms with Crippen LogP contribution in [0, 0.1) is 0 Å². The summed E-state index contributed by atoms with van der Waals surface area (Å²) in [6.45, 7) is 9.89. The molecule has 230 valence electrons. The minimum atomic E-state index is -0.104. The van der Waals surface area contributed by atoms with E-state index in [-0.39, 0.29) is 11.5 Å². The summed E-state index contributed by atoms with van der Waals surface area (Å²) in [5.41, 5.74) is 4.35. The molecule has 0 atom stereocenters. The maximum atomic E-state index is 13.2. The van der Waals surface area contributed by atoms with E-state index in [1.807, 2.05) is 42.1 Å². The van der Waals surface area contributed by atoms with Crippen molar-refractivity contribution in [2.75, 3.05) is 25.0 Å². The van der Waals surface area contributed by atoms with E-state index >= 15 is 0 Å². The average molecular weight is 627 g/mol. The molecule has 0 amide bonds. The fourth-order valence-corrected chi connectivity index (χ4v) is 7.15. The number of ketones is 1. The predicted molar refractivity (Wildman–Crippen MR) is 190 cm³/mol. The summed E-state index contributed by atoms with van der Waals surface area (Å²) in [5.74, 6) is -0.0200. The van der Waals surface area contributed by atoms with Crippen LogP contribution in [-0.2, 0) is 4.79 Å². The second kappa shape index (κ2) is 15.4. The standard InChI is InChI=1S/C37H43N3O2S2/c1-4-7-22-38-32-20-17-29(43-32)16-13-28-14-19-31(39-28)35-36(41)34(37(35)42)27-12-10-26(25-27)11-15-30-18-21-33(44-30)40(23-8-5-2)24-9-6-3/h10-21H,4-9,22-25H2,1-3H3,(H2,38,39,41,42)/p+1. The first-order valence-electron chi connectivity index (χ1n) is 16.0. The number of aliphatic hydroxyl groups excluding tert-OH is 1. The zero-order chi connectivity index (χ0) is 30.9. The number of hydrogen-bond acceptors (Lipinski definition) is 5. The van der Waals surface area contributed by atoms with E-state index in [9.17, 15) is 9.90 Å². The monoisotopic (exact) mass is 626 g/mol. The summed E-state index contributed by atoms with van der Waals surface area (Å²) in [6.07, 6.45) is 24.6. The minimum absolute atomic E-state index is 0.0838. The lowest BCUT2D eigenvalue weighted by atomic mass is 9.82. The molecule has 3 aliphatic rings. The highest BCUT2D eigenvalue weighted by molar-refractivity contribution is 8.18. The van der Waals surface area contributed by atoms with Gasteiger partial charge in [-0.05, 0) is 84.3 Å². The Kier molecular flexibility index (Phi) is 11.2. The highest BCUT2D eigenvalue weighted by atomic mass is 32.2. The topological polar surface area (TPSA) is 68.1 Å². The fraction of sp³-hybridized carbons (Fsp3) is 0.351. The van der Waals surface area contributed by atoms with Crippen LogP contribution in [0.25, 0.3) is 17.7 Å². The summed E-state index contributed by atoms with van der Waals surface area (Å²) < 4.78 is 2.52. The Labute approximate surface area is 270 Å². The average Bonchev–Trinajstić information content (AvgIpc) is 3.84. The number of nitrogens with one attached hydrogen (secondary N) is 2. The molecule has 5 rings (SSSR count). The zero-order valence-corrected chi connectivity index (χ0v) is 27.8. The first-order chi connectivity index (χ1) is 21.5. The van der Waals surface area contributed by atoms with E-state index in [0.29, 0.717) is 23.3 Å². The molecule has 7 heteroatoms. The van der Waals surface area contributed by atoms with Gasteiger partial charge in [-0.2, -0.15) is 0 Å². The Morgan fingerprint density at radius 2 is 1.70 bits per heavy atom. The van der Waals surface area contributed by atoms with Gasteiger partial charge in [0.25, 0.3) is 0 Å². The molecule has 0 fully saturated rings. The number of hydrogen-bond donors (Lipinski definition) is 3. The van der Waals surface area contributed by atoms with Crippen molar-refractivity contribution in [3.63, 3.8) is 0 Å². The summed E-state index contributed by atoms with van der Waals surface area (Å²) >= 11 is 3.55. The number of thioether (sulfide) groups is 1. The van der Waals surface area contributed by atoms with Crippen LogP contribution in [0.3, 0.4) is 0 Å². The van der Waals surface area contributed by atoms with E-state index in [1.165, 1.54) is 47.1 Å². The lowest BCUT2D eigenvalue weighted by Gasteiger charge is -2.22. The number of aromatic nitrogens is 1. The molecule has 0 saturated carbocycles. The number of allylic oxidation sites excluding steroid dienone is 9. The molecule has 0 saturated heterocycles. The molecule has 2 aromatic heterocycles. The van der Waals surface area contributed by atoms with Gasteiger partial charge in [-0.1, -0.05) is 58.3 Å². The maximum absolute atomic E-state index is 13.2. The van der Waals surface area contributed by atoms with E-state index in [4.69, 9.17) is 0 Å². The first kappa shape index (κ1) is 31.9. The molecule has 0 aromatic carbocycles. The van der Waals surface area contributed by atoms with Crippen molar-refractivity contribution >= 4 is 56.7 Å². The summed E-state index contributed by atoms with van der Waals surface area (Å²) in [7, 11) is 0. The highest BCUT2D eigenvalue weighted by Gasteiger charge is 2.38. The number of carbonyl (C=O) groups excluding carboxylic acids is 1. The van der Waals surface area contributed by atoms with Crippen molar-refractivity contribution in [3.05, 3.63) is 104 Å². The molecule has 0 bridgehead atoms. The highest BCUT2D eigenvalue weighted by Crippen LogP contribution is 2.41. The lowest BCUT2D eigenvalue weighted by molar-refractivity contribution is -0.525. The summed E-state index contributed by atoms with van der Waals surface area (Å²) in [5, 5.41) is 16.9. The van der Waals surface area contributed by atoms with Crippen LogP contribution in [0.4, 0.5) is 5.00 Å². The number of H-pyrrole nitrogens is 1. The van der Waals surface area contributed by atoms with Gasteiger partial charge < -0.3 is 15.4 Å². The fourth-order valence-electron chi connectivity index (χ4n) is 5.36. The molecule has 0 spiro atoms. The summed E-state index contributed by atoms with van der Waals surface area (Å²) in [4.78, 5) is 18.9. The van der Waals surface area contributed by atoms with E-state index in [0.717, 1.165) is 47.8 Å². The van der Waals surface area contributed by atoms with Crippen LogP contribution in [-0.4, -0.2) is 45.1 Å². The molecule has 0 unspecified atom stereocenters. The van der Waals surface area contributed by atoms with Gasteiger partial charge in [0.2, 0.25) is 10.8 Å².